The zero-order chi connectivity index (χ0) is 11.8. The Morgan fingerprint density at radius 3 is 2.13 bits per heavy atom. The van der Waals surface area contributed by atoms with Gasteiger partial charge in [0.1, 0.15) is 6.04 Å². The Balaban J connectivity index is 3.66. The van der Waals surface area contributed by atoms with E-state index in [4.69, 9.17) is 15.9 Å². The molecule has 0 bridgehead atoms. The minimum atomic E-state index is -1.30. The second-order valence-corrected chi connectivity index (χ2v) is 5.03. The molecule has 0 aliphatic carbocycles. The average Bonchev–Trinajstić information content (AvgIpc) is 2.16. The fourth-order valence-corrected chi connectivity index (χ4v) is 2.67. The lowest BCUT2D eigenvalue weighted by Crippen LogP contribution is -2.32. The quantitative estimate of drug-likeness (QED) is 0.313. The Bertz CT molecular complexity index is 250. The average molecular weight is 254 g/mol. The maximum absolute atomic E-state index is 10.3. The van der Waals surface area contributed by atoms with Gasteiger partial charge in [-0.25, -0.2) is 4.79 Å². The standard InChI is InChI=1S/C6H10N2O5S2/c7-3(5(9)10)1-14-15-2-4(8-13)6(11)12/h3-4H,1-2,7H2,(H,9,10)(H,11,12). The van der Waals surface area contributed by atoms with Crippen molar-refractivity contribution in [3.8, 4) is 0 Å². The minimum Gasteiger partial charge on any atom is -0.480 e. The van der Waals surface area contributed by atoms with Gasteiger partial charge in [-0.1, -0.05) is 26.8 Å². The van der Waals surface area contributed by atoms with E-state index in [1.54, 1.807) is 0 Å². The topological polar surface area (TPSA) is 130 Å². The van der Waals surface area contributed by atoms with Gasteiger partial charge in [0.05, 0.1) is 0 Å². The molecule has 0 saturated heterocycles. The molecule has 0 aromatic carbocycles. The first-order valence-corrected chi connectivity index (χ1v) is 6.26. The number of nitroso groups, excluding NO2 is 1. The molecule has 2 unspecified atom stereocenters. The first kappa shape index (κ1) is 14.2. The van der Waals surface area contributed by atoms with Gasteiger partial charge < -0.3 is 15.9 Å². The van der Waals surface area contributed by atoms with E-state index in [-0.39, 0.29) is 11.5 Å². The zero-order valence-corrected chi connectivity index (χ0v) is 9.16. The van der Waals surface area contributed by atoms with Gasteiger partial charge in [-0.3, -0.25) is 4.79 Å². The highest BCUT2D eigenvalue weighted by atomic mass is 33.1. The largest absolute Gasteiger partial charge is 0.480 e. The van der Waals surface area contributed by atoms with Crippen LogP contribution < -0.4 is 5.73 Å². The fraction of sp³-hybridized carbons (Fsp3) is 0.667. The van der Waals surface area contributed by atoms with Crippen molar-refractivity contribution in [2.75, 3.05) is 11.5 Å². The summed E-state index contributed by atoms with van der Waals surface area (Å²) >= 11 is 0. The van der Waals surface area contributed by atoms with E-state index in [1.165, 1.54) is 0 Å². The van der Waals surface area contributed by atoms with Crippen molar-refractivity contribution < 1.29 is 19.8 Å². The molecule has 0 aliphatic rings. The number of nitrogens with zero attached hydrogens (tertiary/aromatic N) is 1. The van der Waals surface area contributed by atoms with Crippen molar-refractivity contribution >= 4 is 33.5 Å². The minimum absolute atomic E-state index is 0.00413. The molecular formula is C6H10N2O5S2. The van der Waals surface area contributed by atoms with Crippen LogP contribution in [0.3, 0.4) is 0 Å². The molecule has 15 heavy (non-hydrogen) atoms. The van der Waals surface area contributed by atoms with Crippen LogP contribution in [0.2, 0.25) is 0 Å². The maximum Gasteiger partial charge on any atom is 0.333 e. The first-order valence-electron chi connectivity index (χ1n) is 3.77. The summed E-state index contributed by atoms with van der Waals surface area (Å²) in [5.41, 5.74) is 5.19. The van der Waals surface area contributed by atoms with Gasteiger partial charge in [0.25, 0.3) is 0 Å². The van der Waals surface area contributed by atoms with Crippen LogP contribution in [0.15, 0.2) is 5.18 Å². The van der Waals surface area contributed by atoms with Gasteiger partial charge in [0.15, 0.2) is 6.04 Å². The van der Waals surface area contributed by atoms with E-state index < -0.39 is 24.0 Å². The predicted molar refractivity (Wildman–Crippen MR) is 57.7 cm³/mol. The smallest absolute Gasteiger partial charge is 0.333 e. The van der Waals surface area contributed by atoms with E-state index in [9.17, 15) is 14.5 Å². The molecule has 7 nitrogen and oxygen atoms in total. The van der Waals surface area contributed by atoms with E-state index in [0.717, 1.165) is 21.6 Å². The monoisotopic (exact) mass is 254 g/mol. The molecular weight excluding hydrogens is 244 g/mol. The number of carboxylic acid groups (broad SMARTS) is 2. The van der Waals surface area contributed by atoms with Gasteiger partial charge in [0.2, 0.25) is 0 Å². The lowest BCUT2D eigenvalue weighted by atomic mass is 10.4. The van der Waals surface area contributed by atoms with Crippen LogP contribution in [-0.2, 0) is 9.59 Å². The number of rotatable bonds is 8. The van der Waals surface area contributed by atoms with Crippen molar-refractivity contribution in [1.82, 2.24) is 0 Å². The zero-order valence-electron chi connectivity index (χ0n) is 7.53. The Kier molecular flexibility index (Phi) is 7.09. The van der Waals surface area contributed by atoms with Crippen LogP contribution in [0.25, 0.3) is 0 Å². The normalized spacial score (nSPS) is 14.2. The highest BCUT2D eigenvalue weighted by Crippen LogP contribution is 2.23. The molecule has 0 aliphatic heterocycles. The van der Waals surface area contributed by atoms with Crippen LogP contribution >= 0.6 is 21.6 Å². The summed E-state index contributed by atoms with van der Waals surface area (Å²) in [6.45, 7) is 0. The van der Waals surface area contributed by atoms with Gasteiger partial charge in [-0.15, -0.1) is 4.91 Å². The number of hydrogen-bond donors (Lipinski definition) is 3. The number of nitrogens with two attached hydrogens (primary N) is 1. The second-order valence-electron chi connectivity index (χ2n) is 2.47. The van der Waals surface area contributed by atoms with Crippen LogP contribution in [0.5, 0.6) is 0 Å². The Labute approximate surface area is 93.2 Å². The molecule has 9 heteroatoms. The summed E-state index contributed by atoms with van der Waals surface area (Å²) in [7, 11) is 2.16. The highest BCUT2D eigenvalue weighted by molar-refractivity contribution is 8.76. The molecule has 0 amide bonds. The summed E-state index contributed by atoms with van der Waals surface area (Å²) in [6.07, 6.45) is 0. The van der Waals surface area contributed by atoms with Crippen molar-refractivity contribution in [1.29, 1.82) is 0 Å². The third-order valence-electron chi connectivity index (χ3n) is 1.29. The SMILES string of the molecule is NC(CSSCC(N=O)C(=O)O)C(=O)O. The van der Waals surface area contributed by atoms with E-state index in [1.807, 2.05) is 0 Å². The molecule has 0 aromatic heterocycles. The second kappa shape index (κ2) is 7.49. The molecule has 0 saturated carbocycles. The summed E-state index contributed by atoms with van der Waals surface area (Å²) in [6, 6.07) is -2.29. The number of carbonyl (C=O) groups is 2. The molecule has 0 rings (SSSR count). The van der Waals surface area contributed by atoms with E-state index in [2.05, 4.69) is 5.18 Å². The van der Waals surface area contributed by atoms with Crippen LogP contribution in [0, 0.1) is 4.91 Å². The molecule has 2 atom stereocenters. The lowest BCUT2D eigenvalue weighted by Gasteiger charge is -2.05. The summed E-state index contributed by atoms with van der Waals surface area (Å²) in [4.78, 5) is 30.6. The summed E-state index contributed by atoms with van der Waals surface area (Å²) in [5, 5.41) is 19.3. The van der Waals surface area contributed by atoms with Gasteiger partial charge in [-0.2, -0.15) is 0 Å². The Morgan fingerprint density at radius 2 is 1.73 bits per heavy atom. The highest BCUT2D eigenvalue weighted by Gasteiger charge is 2.18. The summed E-state index contributed by atoms with van der Waals surface area (Å²) in [5.74, 6) is -2.27. The molecule has 0 radical (unpaired) electrons. The predicted octanol–water partition coefficient (Wildman–Crippen LogP) is -0.000700. The van der Waals surface area contributed by atoms with Crippen molar-refractivity contribution in [3.05, 3.63) is 4.91 Å². The number of aliphatic carboxylic acids is 2. The van der Waals surface area contributed by atoms with Crippen LogP contribution in [-0.4, -0.2) is 45.7 Å². The third-order valence-corrected chi connectivity index (χ3v) is 3.72. The molecule has 0 fully saturated rings. The van der Waals surface area contributed by atoms with Crippen LogP contribution in [0.4, 0.5) is 0 Å². The third kappa shape index (κ3) is 6.31. The summed E-state index contributed by atoms with van der Waals surface area (Å²) < 4.78 is 0. The van der Waals surface area contributed by atoms with Gasteiger partial charge in [0, 0.05) is 11.5 Å². The van der Waals surface area contributed by atoms with Crippen molar-refractivity contribution in [3.63, 3.8) is 0 Å². The van der Waals surface area contributed by atoms with Crippen molar-refractivity contribution in [2.45, 2.75) is 12.1 Å². The number of hydrogen-bond acceptors (Lipinski definition) is 7. The van der Waals surface area contributed by atoms with Crippen LogP contribution in [0.1, 0.15) is 0 Å². The molecule has 4 N–H and O–H groups in total. The van der Waals surface area contributed by atoms with E-state index in [0.29, 0.717) is 0 Å². The molecule has 0 aromatic rings. The number of carboxylic acids is 2. The van der Waals surface area contributed by atoms with E-state index >= 15 is 0 Å². The Hall–Kier alpha value is -0.800. The van der Waals surface area contributed by atoms with Gasteiger partial charge >= 0.3 is 11.9 Å². The maximum atomic E-state index is 10.3. The fourth-order valence-electron chi connectivity index (χ4n) is 0.452. The lowest BCUT2D eigenvalue weighted by molar-refractivity contribution is -0.138. The molecule has 0 spiro atoms. The molecule has 0 heterocycles. The van der Waals surface area contributed by atoms with Gasteiger partial charge in [-0.05, 0) is 0 Å². The Morgan fingerprint density at radius 1 is 1.20 bits per heavy atom. The molecule has 86 valence electrons. The van der Waals surface area contributed by atoms with Crippen molar-refractivity contribution in [2.24, 2.45) is 10.9 Å². The first-order chi connectivity index (χ1) is 6.99.